The Balaban J connectivity index is 1.68. The molecule has 0 unspecified atom stereocenters. The molecule has 0 amide bonds. The largest absolute Gasteiger partial charge is 0.496 e. The molecule has 0 N–H and O–H groups in total. The molecule has 0 aliphatic carbocycles. The second kappa shape index (κ2) is 13.4. The van der Waals surface area contributed by atoms with Crippen molar-refractivity contribution in [2.24, 2.45) is 0 Å². The van der Waals surface area contributed by atoms with Crippen LogP contribution in [0.3, 0.4) is 0 Å². The summed E-state index contributed by atoms with van der Waals surface area (Å²) in [5.41, 5.74) is 2.99. The third-order valence-electron chi connectivity index (χ3n) is 6.69. The number of hydrogen-bond donors (Lipinski definition) is 0. The predicted molar refractivity (Wildman–Crippen MR) is 157 cm³/mol. The quantitative estimate of drug-likeness (QED) is 0.122. The third kappa shape index (κ3) is 7.07. The maximum absolute atomic E-state index is 13.8. The highest BCUT2D eigenvalue weighted by atomic mass is 32.2. The molecule has 0 atom stereocenters. The summed E-state index contributed by atoms with van der Waals surface area (Å²) in [6, 6.07) is 20.8. The molecule has 3 aromatic carbocycles. The molecule has 7 nitrogen and oxygen atoms in total. The highest BCUT2D eigenvalue weighted by Crippen LogP contribution is 2.29. The van der Waals surface area contributed by atoms with Crippen LogP contribution in [0.2, 0.25) is 0 Å². The zero-order chi connectivity index (χ0) is 27.8. The van der Waals surface area contributed by atoms with E-state index in [1.165, 1.54) is 11.8 Å². The molecule has 1 aromatic heterocycles. The monoisotopic (exact) mass is 545 g/mol. The van der Waals surface area contributed by atoms with Crippen LogP contribution >= 0.6 is 11.8 Å². The second-order valence-electron chi connectivity index (χ2n) is 9.20. The lowest BCUT2D eigenvalue weighted by atomic mass is 10.1. The van der Waals surface area contributed by atoms with Gasteiger partial charge < -0.3 is 14.4 Å². The van der Waals surface area contributed by atoms with Crippen molar-refractivity contribution < 1.29 is 14.3 Å². The first-order valence-electron chi connectivity index (χ1n) is 13.2. The van der Waals surface area contributed by atoms with Gasteiger partial charge in [0.25, 0.3) is 5.56 Å². The second-order valence-corrected chi connectivity index (χ2v) is 10.1. The lowest BCUT2D eigenvalue weighted by Crippen LogP contribution is -2.28. The van der Waals surface area contributed by atoms with Gasteiger partial charge in [-0.15, -0.1) is 0 Å². The number of carbonyl (C=O) groups is 1. The number of ether oxygens (including phenoxy) is 2. The maximum atomic E-state index is 13.8. The molecule has 0 bridgehead atoms. The molecule has 204 valence electrons. The summed E-state index contributed by atoms with van der Waals surface area (Å²) < 4.78 is 13.2. The first-order chi connectivity index (χ1) is 18.9. The van der Waals surface area contributed by atoms with E-state index in [-0.39, 0.29) is 11.3 Å². The van der Waals surface area contributed by atoms with Crippen molar-refractivity contribution in [1.29, 1.82) is 0 Å². The Hall–Kier alpha value is -3.62. The normalized spacial score (nSPS) is 11.2. The van der Waals surface area contributed by atoms with Gasteiger partial charge in [-0.3, -0.25) is 14.2 Å². The van der Waals surface area contributed by atoms with Crippen LogP contribution in [-0.4, -0.2) is 53.6 Å². The van der Waals surface area contributed by atoms with Crippen molar-refractivity contribution in [2.45, 2.75) is 38.2 Å². The first-order valence-corrected chi connectivity index (χ1v) is 14.2. The smallest absolute Gasteiger partial charge is 0.262 e. The van der Waals surface area contributed by atoms with Gasteiger partial charge in [0, 0.05) is 23.4 Å². The molecule has 4 aromatic rings. The average molecular weight is 546 g/mol. The van der Waals surface area contributed by atoms with E-state index in [9.17, 15) is 9.59 Å². The van der Waals surface area contributed by atoms with Crippen LogP contribution in [0.25, 0.3) is 10.9 Å². The Morgan fingerprint density at radius 2 is 1.79 bits per heavy atom. The van der Waals surface area contributed by atoms with Crippen LogP contribution in [0.5, 0.6) is 11.5 Å². The minimum absolute atomic E-state index is 0.0103. The summed E-state index contributed by atoms with van der Waals surface area (Å²) >= 11 is 1.45. The number of likely N-dealkylation sites (N-methyl/N-ethyl adjacent to an activating group) is 1. The molecule has 39 heavy (non-hydrogen) atoms. The molecular formula is C31H35N3O4S. The average Bonchev–Trinajstić information content (AvgIpc) is 2.96. The van der Waals surface area contributed by atoms with Crippen molar-refractivity contribution >= 4 is 28.4 Å². The SMILES string of the molecule is CCN(CC)CCOc1ccc2nc(SCc3cc(C(C)=O)ccc3OC)n(Cc3ccccc3)c(=O)c2c1. The number of benzene rings is 3. The van der Waals surface area contributed by atoms with Crippen LogP contribution in [0.4, 0.5) is 0 Å². The van der Waals surface area contributed by atoms with Crippen molar-refractivity contribution in [3.63, 3.8) is 0 Å². The number of thioether (sulfide) groups is 1. The van der Waals surface area contributed by atoms with Crippen LogP contribution < -0.4 is 15.0 Å². The van der Waals surface area contributed by atoms with E-state index >= 15 is 0 Å². The van der Waals surface area contributed by atoms with Crippen LogP contribution in [-0.2, 0) is 12.3 Å². The van der Waals surface area contributed by atoms with Gasteiger partial charge in [-0.25, -0.2) is 4.98 Å². The van der Waals surface area contributed by atoms with E-state index in [0.717, 1.165) is 30.8 Å². The zero-order valence-electron chi connectivity index (χ0n) is 23.0. The highest BCUT2D eigenvalue weighted by Gasteiger charge is 2.15. The van der Waals surface area contributed by atoms with Crippen LogP contribution in [0.1, 0.15) is 42.3 Å². The standard InChI is InChI=1S/C31H35N3O4S/c1-5-33(6-2)16-17-38-26-13-14-28-27(19-26)30(36)34(20-23-10-8-7-9-11-23)31(32-28)39-21-25-18-24(22(3)35)12-15-29(25)37-4/h7-15,18-19H,5-6,16-17,20-21H2,1-4H3. The number of ketones is 1. The minimum atomic E-state index is -0.120. The summed E-state index contributed by atoms with van der Waals surface area (Å²) in [5.74, 6) is 1.83. The number of fused-ring (bicyclic) bond motifs is 1. The van der Waals surface area contributed by atoms with Gasteiger partial charge in [-0.2, -0.15) is 0 Å². The van der Waals surface area contributed by atoms with Crippen molar-refractivity contribution in [1.82, 2.24) is 14.5 Å². The van der Waals surface area contributed by atoms with Gasteiger partial charge in [0.1, 0.15) is 18.1 Å². The Morgan fingerprint density at radius 1 is 1.03 bits per heavy atom. The molecule has 4 rings (SSSR count). The fourth-order valence-corrected chi connectivity index (χ4v) is 5.35. The Labute approximate surface area is 233 Å². The van der Waals surface area contributed by atoms with Gasteiger partial charge in [-0.05, 0) is 62.0 Å². The summed E-state index contributed by atoms with van der Waals surface area (Å²) in [7, 11) is 1.61. The van der Waals surface area contributed by atoms with E-state index in [1.54, 1.807) is 36.8 Å². The molecule has 0 aliphatic rings. The molecule has 1 heterocycles. The number of carbonyl (C=O) groups excluding carboxylic acids is 1. The van der Waals surface area contributed by atoms with Crippen LogP contribution in [0, 0.1) is 0 Å². The molecule has 0 saturated heterocycles. The Morgan fingerprint density at radius 3 is 2.49 bits per heavy atom. The lowest BCUT2D eigenvalue weighted by Gasteiger charge is -2.18. The van der Waals surface area contributed by atoms with Gasteiger partial charge in [-0.1, -0.05) is 55.9 Å². The third-order valence-corrected chi connectivity index (χ3v) is 7.71. The fraction of sp³-hybridized carbons (Fsp3) is 0.323. The molecule has 0 saturated carbocycles. The summed E-state index contributed by atoms with van der Waals surface area (Å²) in [6.45, 7) is 9.51. The Bertz CT molecular complexity index is 1480. The van der Waals surface area contributed by atoms with E-state index in [2.05, 4.69) is 18.7 Å². The maximum Gasteiger partial charge on any atom is 0.262 e. The number of methoxy groups -OCH3 is 1. The van der Waals surface area contributed by atoms with E-state index in [0.29, 0.717) is 52.0 Å². The Kier molecular flexibility index (Phi) is 9.79. The number of aromatic nitrogens is 2. The molecule has 8 heteroatoms. The molecule has 0 aliphatic heterocycles. The number of Topliss-reactive ketones (excluding diaryl/α,β-unsaturated/α-hetero) is 1. The fourth-order valence-electron chi connectivity index (χ4n) is 4.37. The molecule has 0 fully saturated rings. The first kappa shape index (κ1) is 28.4. The van der Waals surface area contributed by atoms with E-state index < -0.39 is 0 Å². The minimum Gasteiger partial charge on any atom is -0.496 e. The van der Waals surface area contributed by atoms with Crippen LogP contribution in [0.15, 0.2) is 76.7 Å². The number of hydrogen-bond acceptors (Lipinski definition) is 7. The molecule has 0 spiro atoms. The van der Waals surface area contributed by atoms with Gasteiger partial charge in [0.05, 0.1) is 24.6 Å². The molecular weight excluding hydrogens is 510 g/mol. The van der Waals surface area contributed by atoms with Crippen molar-refractivity contribution in [3.05, 3.63) is 93.8 Å². The van der Waals surface area contributed by atoms with Crippen molar-refractivity contribution in [3.8, 4) is 11.5 Å². The highest BCUT2D eigenvalue weighted by molar-refractivity contribution is 7.98. The van der Waals surface area contributed by atoms with Gasteiger partial charge in [0.15, 0.2) is 10.9 Å². The van der Waals surface area contributed by atoms with E-state index in [4.69, 9.17) is 14.5 Å². The summed E-state index contributed by atoms with van der Waals surface area (Å²) in [4.78, 5) is 33.0. The van der Waals surface area contributed by atoms with Gasteiger partial charge in [0.2, 0.25) is 0 Å². The summed E-state index contributed by atoms with van der Waals surface area (Å²) in [6.07, 6.45) is 0. The predicted octanol–water partition coefficient (Wildman–Crippen LogP) is 5.67. The number of rotatable bonds is 13. The lowest BCUT2D eigenvalue weighted by molar-refractivity contribution is 0.101. The van der Waals surface area contributed by atoms with E-state index in [1.807, 2.05) is 48.5 Å². The number of nitrogens with zero attached hydrogens (tertiary/aromatic N) is 3. The summed E-state index contributed by atoms with van der Waals surface area (Å²) in [5, 5.41) is 1.12. The van der Waals surface area contributed by atoms with Gasteiger partial charge >= 0.3 is 0 Å². The van der Waals surface area contributed by atoms with Crippen molar-refractivity contribution in [2.75, 3.05) is 33.4 Å². The topological polar surface area (TPSA) is 73.7 Å². The zero-order valence-corrected chi connectivity index (χ0v) is 23.8. The molecule has 0 radical (unpaired) electrons.